The molecule has 3 rings (SSSR count). The van der Waals surface area contributed by atoms with Crippen molar-refractivity contribution in [2.24, 2.45) is 11.5 Å². The maximum atomic E-state index is 13.0. The number of halogens is 1. The molecule has 23 heavy (non-hydrogen) atoms. The van der Waals surface area contributed by atoms with Crippen LogP contribution in [0.2, 0.25) is 5.02 Å². The number of hydrogen-bond donors (Lipinski definition) is 2. The van der Waals surface area contributed by atoms with Gasteiger partial charge in [-0.25, -0.2) is 8.42 Å². The molecular weight excluding hydrogens is 332 g/mol. The number of aryl methyl sites for hydroxylation is 1. The van der Waals surface area contributed by atoms with E-state index >= 15 is 0 Å². The van der Waals surface area contributed by atoms with Gasteiger partial charge >= 0.3 is 0 Å². The Balaban J connectivity index is 2.01. The molecule has 0 unspecified atom stereocenters. The third-order valence-electron chi connectivity index (χ3n) is 4.57. The first-order valence-corrected chi connectivity index (χ1v) is 9.28. The molecule has 0 heterocycles. The Kier molecular flexibility index (Phi) is 4.01. The Hall–Kier alpha value is -1.40. The highest BCUT2D eigenvalue weighted by atomic mass is 35.5. The molecule has 1 saturated carbocycles. The molecule has 0 aliphatic heterocycles. The van der Waals surface area contributed by atoms with Gasteiger partial charge in [0, 0.05) is 17.5 Å². The molecule has 1 fully saturated rings. The normalized spacial score (nSPS) is 27.0. The summed E-state index contributed by atoms with van der Waals surface area (Å²) in [7, 11) is -3.55. The fraction of sp³-hybridized carbons (Fsp3) is 0.294. The van der Waals surface area contributed by atoms with Crippen molar-refractivity contribution >= 4 is 21.4 Å². The summed E-state index contributed by atoms with van der Waals surface area (Å²) < 4.78 is 25.9. The average Bonchev–Trinajstić information content (AvgIpc) is 3.16. The minimum Gasteiger partial charge on any atom is -0.329 e. The lowest BCUT2D eigenvalue weighted by atomic mass is 10.1. The molecule has 6 heteroatoms. The number of nitrogens with two attached hydrogens (primary N) is 2. The summed E-state index contributed by atoms with van der Waals surface area (Å²) >= 11 is 5.90. The van der Waals surface area contributed by atoms with E-state index in [9.17, 15) is 8.42 Å². The third-order valence-corrected chi connectivity index (χ3v) is 7.13. The van der Waals surface area contributed by atoms with E-state index in [1.165, 1.54) is 0 Å². The van der Waals surface area contributed by atoms with Gasteiger partial charge in [-0.1, -0.05) is 41.4 Å². The molecule has 4 N–H and O–H groups in total. The van der Waals surface area contributed by atoms with Crippen LogP contribution in [-0.2, 0) is 9.84 Å². The van der Waals surface area contributed by atoms with E-state index in [2.05, 4.69) is 0 Å². The minimum atomic E-state index is -3.55. The van der Waals surface area contributed by atoms with Gasteiger partial charge in [0.15, 0.2) is 9.84 Å². The predicted molar refractivity (Wildman–Crippen MR) is 92.3 cm³/mol. The maximum absolute atomic E-state index is 13.0. The summed E-state index contributed by atoms with van der Waals surface area (Å²) in [4.78, 5) is 0.285. The Morgan fingerprint density at radius 1 is 1.09 bits per heavy atom. The average molecular weight is 351 g/mol. The lowest BCUT2D eigenvalue weighted by Crippen LogP contribution is -2.39. The van der Waals surface area contributed by atoms with Crippen molar-refractivity contribution in [1.82, 2.24) is 0 Å². The predicted octanol–water partition coefficient (Wildman–Crippen LogP) is 2.24. The summed E-state index contributed by atoms with van der Waals surface area (Å²) in [6.45, 7) is 2.02. The molecule has 0 bridgehead atoms. The van der Waals surface area contributed by atoms with Crippen LogP contribution in [-0.4, -0.2) is 25.8 Å². The molecule has 2 aromatic carbocycles. The quantitative estimate of drug-likeness (QED) is 0.885. The van der Waals surface area contributed by atoms with Crippen LogP contribution < -0.4 is 11.5 Å². The zero-order chi connectivity index (χ0) is 16.8. The lowest BCUT2D eigenvalue weighted by Gasteiger charge is -2.09. The number of hydrogen-bond acceptors (Lipinski definition) is 4. The highest BCUT2D eigenvalue weighted by molar-refractivity contribution is 7.92. The number of sulfone groups is 1. The van der Waals surface area contributed by atoms with Gasteiger partial charge in [-0.2, -0.15) is 0 Å². The van der Waals surface area contributed by atoms with Crippen LogP contribution in [0.25, 0.3) is 0 Å². The smallest absolute Gasteiger partial charge is 0.183 e. The van der Waals surface area contributed by atoms with E-state index in [1.54, 1.807) is 36.4 Å². The second-order valence-corrected chi connectivity index (χ2v) is 8.63. The van der Waals surface area contributed by atoms with Crippen molar-refractivity contribution < 1.29 is 8.42 Å². The van der Waals surface area contributed by atoms with Gasteiger partial charge in [-0.15, -0.1) is 0 Å². The van der Waals surface area contributed by atoms with Crippen molar-refractivity contribution in [3.63, 3.8) is 0 Å². The van der Waals surface area contributed by atoms with E-state index in [4.69, 9.17) is 23.1 Å². The zero-order valence-corrected chi connectivity index (χ0v) is 14.3. The summed E-state index contributed by atoms with van der Waals surface area (Å²) in [5, 5.41) is -0.119. The van der Waals surface area contributed by atoms with Crippen LogP contribution in [0.4, 0.5) is 0 Å². The van der Waals surface area contributed by atoms with Crippen LogP contribution in [0, 0.1) is 6.92 Å². The molecule has 3 atom stereocenters. The molecule has 4 nitrogen and oxygen atoms in total. The zero-order valence-electron chi connectivity index (χ0n) is 12.7. The van der Waals surface area contributed by atoms with Gasteiger partial charge in [-0.05, 0) is 36.8 Å². The van der Waals surface area contributed by atoms with Crippen LogP contribution in [0.3, 0.4) is 0 Å². The second kappa shape index (κ2) is 5.60. The Bertz CT molecular complexity index is 819. The van der Waals surface area contributed by atoms with E-state index in [-0.39, 0.29) is 17.4 Å². The first-order chi connectivity index (χ1) is 10.8. The Morgan fingerprint density at radius 2 is 1.65 bits per heavy atom. The summed E-state index contributed by atoms with van der Waals surface area (Å²) in [5.74, 6) is -0.323. The Labute approximate surface area is 141 Å². The van der Waals surface area contributed by atoms with Crippen LogP contribution in [0.15, 0.2) is 53.4 Å². The van der Waals surface area contributed by atoms with Gasteiger partial charge in [-0.3, -0.25) is 0 Å². The summed E-state index contributed by atoms with van der Waals surface area (Å²) in [6.07, 6.45) is 0. The number of benzene rings is 2. The molecule has 0 radical (unpaired) electrons. The maximum Gasteiger partial charge on any atom is 0.183 e. The van der Waals surface area contributed by atoms with Crippen molar-refractivity contribution in [3.8, 4) is 0 Å². The van der Waals surface area contributed by atoms with Gasteiger partial charge in [0.2, 0.25) is 0 Å². The molecule has 0 saturated heterocycles. The minimum absolute atomic E-state index is 0.107. The van der Waals surface area contributed by atoms with Crippen molar-refractivity contribution in [1.29, 1.82) is 0 Å². The summed E-state index contributed by atoms with van der Waals surface area (Å²) in [5.41, 5.74) is 13.0. The second-order valence-electron chi connectivity index (χ2n) is 6.12. The van der Waals surface area contributed by atoms with Crippen LogP contribution in [0.1, 0.15) is 17.0 Å². The van der Waals surface area contributed by atoms with E-state index < -0.39 is 20.6 Å². The molecule has 1 aliphatic rings. The van der Waals surface area contributed by atoms with Gasteiger partial charge in [0.1, 0.15) is 0 Å². The fourth-order valence-electron chi connectivity index (χ4n) is 3.16. The van der Waals surface area contributed by atoms with Crippen LogP contribution in [0.5, 0.6) is 0 Å². The highest BCUT2D eigenvalue weighted by Crippen LogP contribution is 2.55. The third kappa shape index (κ3) is 2.68. The molecule has 2 aromatic rings. The number of rotatable bonds is 4. The van der Waals surface area contributed by atoms with E-state index in [0.717, 1.165) is 11.1 Å². The first-order valence-electron chi connectivity index (χ1n) is 7.35. The van der Waals surface area contributed by atoms with Crippen LogP contribution >= 0.6 is 11.6 Å². The molecule has 122 valence electrons. The fourth-order valence-corrected chi connectivity index (χ4v) is 5.61. The van der Waals surface area contributed by atoms with Gasteiger partial charge in [0.05, 0.1) is 15.7 Å². The molecule has 1 aliphatic carbocycles. The monoisotopic (exact) mass is 350 g/mol. The van der Waals surface area contributed by atoms with E-state index in [0.29, 0.717) is 5.02 Å². The largest absolute Gasteiger partial charge is 0.329 e. The molecule has 0 amide bonds. The highest BCUT2D eigenvalue weighted by Gasteiger charge is 2.68. The van der Waals surface area contributed by atoms with Gasteiger partial charge < -0.3 is 11.5 Å². The summed E-state index contributed by atoms with van der Waals surface area (Å²) in [6, 6.07) is 13.9. The lowest BCUT2D eigenvalue weighted by molar-refractivity contribution is 0.586. The SMILES string of the molecule is Cc1ccc(S(=O)(=O)[C@@H]2[C@@H](c3ccc(Cl)cc3)[C@@]2(N)CN)cc1. The van der Waals surface area contributed by atoms with E-state index in [1.807, 2.05) is 19.1 Å². The first kappa shape index (κ1) is 16.5. The van der Waals surface area contributed by atoms with Crippen molar-refractivity contribution in [3.05, 3.63) is 64.7 Å². The molecule has 0 spiro atoms. The Morgan fingerprint density at radius 3 is 2.17 bits per heavy atom. The molecular formula is C17H19ClN2O2S. The molecule has 0 aromatic heterocycles. The topological polar surface area (TPSA) is 86.2 Å². The van der Waals surface area contributed by atoms with Crippen molar-refractivity contribution in [2.75, 3.05) is 6.54 Å². The van der Waals surface area contributed by atoms with Gasteiger partial charge in [0.25, 0.3) is 0 Å². The standard InChI is InChI=1S/C17H19ClN2O2S/c1-11-2-8-14(9-3-11)23(21,22)16-15(17(16,20)10-19)12-4-6-13(18)7-5-12/h2-9,15-16H,10,19-20H2,1H3/t15-,16-,17+/m1/s1. The van der Waals surface area contributed by atoms with Crippen molar-refractivity contribution in [2.45, 2.75) is 28.5 Å².